The van der Waals surface area contributed by atoms with Gasteiger partial charge in [0.05, 0.1) is 30.3 Å². The van der Waals surface area contributed by atoms with Gasteiger partial charge in [-0.25, -0.2) is 8.42 Å². The molecule has 1 atom stereocenters. The number of hydrogen-bond acceptors (Lipinski definition) is 5. The zero-order valence-electron chi connectivity index (χ0n) is 19.2. The number of nitrogens with zero attached hydrogens (tertiary/aromatic N) is 1. The van der Waals surface area contributed by atoms with Gasteiger partial charge in [0.25, 0.3) is 10.0 Å². The molecule has 0 heterocycles. The molecule has 7 nitrogen and oxygen atoms in total. The maximum Gasteiger partial charge on any atom is 0.264 e. The van der Waals surface area contributed by atoms with E-state index in [0.29, 0.717) is 11.6 Å². The third kappa shape index (κ3) is 6.01. The van der Waals surface area contributed by atoms with Crippen molar-refractivity contribution in [2.75, 3.05) is 24.6 Å². The van der Waals surface area contributed by atoms with Gasteiger partial charge in [-0.2, -0.15) is 0 Å². The van der Waals surface area contributed by atoms with Gasteiger partial charge in [0.1, 0.15) is 18.0 Å². The summed E-state index contributed by atoms with van der Waals surface area (Å²) < 4.78 is 38.9. The smallest absolute Gasteiger partial charge is 0.264 e. The molecule has 0 aliphatic rings. The van der Waals surface area contributed by atoms with Crippen LogP contribution in [0.2, 0.25) is 5.02 Å². The van der Waals surface area contributed by atoms with E-state index >= 15 is 0 Å². The summed E-state index contributed by atoms with van der Waals surface area (Å²) in [6.45, 7) is 3.82. The number of benzene rings is 3. The lowest BCUT2D eigenvalue weighted by atomic mass is 10.1. The number of rotatable bonds is 10. The van der Waals surface area contributed by atoms with Crippen molar-refractivity contribution in [1.29, 1.82) is 0 Å². The molecular formula is C25H27ClN2O5S. The molecule has 3 aromatic rings. The van der Waals surface area contributed by atoms with Crippen molar-refractivity contribution in [1.82, 2.24) is 5.32 Å². The Balaban J connectivity index is 1.90. The van der Waals surface area contributed by atoms with Crippen LogP contribution in [0.5, 0.6) is 11.5 Å². The van der Waals surface area contributed by atoms with Crippen molar-refractivity contribution >= 4 is 33.2 Å². The third-order valence-electron chi connectivity index (χ3n) is 5.10. The number of hydrogen-bond donors (Lipinski definition) is 1. The third-order valence-corrected chi connectivity index (χ3v) is 7.11. The van der Waals surface area contributed by atoms with E-state index in [1.54, 1.807) is 30.3 Å². The zero-order valence-corrected chi connectivity index (χ0v) is 20.8. The predicted octanol–water partition coefficient (Wildman–Crippen LogP) is 4.82. The molecule has 180 valence electrons. The van der Waals surface area contributed by atoms with Crippen molar-refractivity contribution in [2.45, 2.75) is 24.8 Å². The van der Waals surface area contributed by atoms with Crippen LogP contribution in [0.4, 0.5) is 5.69 Å². The molecule has 9 heteroatoms. The lowest BCUT2D eigenvalue weighted by Crippen LogP contribution is -2.41. The first kappa shape index (κ1) is 25.4. The average molecular weight is 503 g/mol. The summed E-state index contributed by atoms with van der Waals surface area (Å²) in [5, 5.41) is 3.18. The number of amides is 1. The van der Waals surface area contributed by atoms with Crippen LogP contribution in [-0.2, 0) is 14.8 Å². The molecule has 0 bridgehead atoms. The fraction of sp³-hybridized carbons (Fsp3) is 0.240. The van der Waals surface area contributed by atoms with E-state index in [2.05, 4.69) is 5.32 Å². The van der Waals surface area contributed by atoms with E-state index < -0.39 is 22.5 Å². The van der Waals surface area contributed by atoms with Crippen LogP contribution < -0.4 is 19.1 Å². The normalized spacial score (nSPS) is 12.0. The highest BCUT2D eigenvalue weighted by molar-refractivity contribution is 7.92. The standard InChI is InChI=1S/C25H27ClN2O5S/c1-4-33-21-13-10-19(11-14-21)18(2)27-25(29)17-28(23-16-20(26)12-15-24(23)32-3)34(30,31)22-8-6-5-7-9-22/h5-16,18H,4,17H2,1-3H3,(H,27,29). The summed E-state index contributed by atoms with van der Waals surface area (Å²) in [5.74, 6) is 0.525. The highest BCUT2D eigenvalue weighted by atomic mass is 35.5. The van der Waals surface area contributed by atoms with Crippen LogP contribution in [0.15, 0.2) is 77.7 Å². The van der Waals surface area contributed by atoms with Crippen molar-refractivity contribution in [2.24, 2.45) is 0 Å². The van der Waals surface area contributed by atoms with Crippen molar-refractivity contribution < 1.29 is 22.7 Å². The molecule has 1 unspecified atom stereocenters. The minimum absolute atomic E-state index is 0.0457. The van der Waals surface area contributed by atoms with Crippen LogP contribution in [0.1, 0.15) is 25.5 Å². The van der Waals surface area contributed by atoms with E-state index in [0.717, 1.165) is 15.6 Å². The van der Waals surface area contributed by atoms with Gasteiger partial charge in [-0.15, -0.1) is 0 Å². The fourth-order valence-corrected chi connectivity index (χ4v) is 5.01. The second-order valence-electron chi connectivity index (χ2n) is 7.43. The van der Waals surface area contributed by atoms with Crippen molar-refractivity contribution in [3.63, 3.8) is 0 Å². The van der Waals surface area contributed by atoms with E-state index in [4.69, 9.17) is 21.1 Å². The summed E-state index contributed by atoms with van der Waals surface area (Å²) in [7, 11) is -2.67. The molecule has 3 aromatic carbocycles. The van der Waals surface area contributed by atoms with Crippen LogP contribution in [0, 0.1) is 0 Å². The summed E-state index contributed by atoms with van der Waals surface area (Å²) in [5.41, 5.74) is 1.03. The van der Waals surface area contributed by atoms with Gasteiger partial charge in [-0.05, 0) is 61.9 Å². The number of carbonyl (C=O) groups is 1. The van der Waals surface area contributed by atoms with E-state index in [-0.39, 0.29) is 22.4 Å². The lowest BCUT2D eigenvalue weighted by Gasteiger charge is -2.26. The van der Waals surface area contributed by atoms with Crippen molar-refractivity contribution in [3.8, 4) is 11.5 Å². The highest BCUT2D eigenvalue weighted by Gasteiger charge is 2.30. The topological polar surface area (TPSA) is 84.9 Å². The number of halogens is 1. The molecule has 0 spiro atoms. The van der Waals surface area contributed by atoms with Crippen LogP contribution in [0.3, 0.4) is 0 Å². The number of carbonyl (C=O) groups excluding carboxylic acids is 1. The van der Waals surface area contributed by atoms with E-state index in [9.17, 15) is 13.2 Å². The molecule has 1 N–H and O–H groups in total. The van der Waals surface area contributed by atoms with Crippen LogP contribution >= 0.6 is 11.6 Å². The maximum atomic E-state index is 13.5. The van der Waals surface area contributed by atoms with Gasteiger partial charge in [-0.1, -0.05) is 41.9 Å². The Morgan fingerprint density at radius 3 is 2.35 bits per heavy atom. The highest BCUT2D eigenvalue weighted by Crippen LogP contribution is 2.34. The average Bonchev–Trinajstić information content (AvgIpc) is 2.83. The summed E-state index contributed by atoms with van der Waals surface area (Å²) in [6.07, 6.45) is 0. The van der Waals surface area contributed by atoms with Gasteiger partial charge in [0.2, 0.25) is 5.91 Å². The van der Waals surface area contributed by atoms with Crippen LogP contribution in [-0.4, -0.2) is 34.6 Å². The van der Waals surface area contributed by atoms with Gasteiger partial charge < -0.3 is 14.8 Å². The van der Waals surface area contributed by atoms with Gasteiger partial charge in [0, 0.05) is 5.02 Å². The predicted molar refractivity (Wildman–Crippen MR) is 133 cm³/mol. The fourth-order valence-electron chi connectivity index (χ4n) is 3.40. The first-order chi connectivity index (χ1) is 16.3. The second-order valence-corrected chi connectivity index (χ2v) is 9.73. The molecular weight excluding hydrogens is 476 g/mol. The van der Waals surface area contributed by atoms with Crippen molar-refractivity contribution in [3.05, 3.63) is 83.4 Å². The summed E-state index contributed by atoms with van der Waals surface area (Å²) in [6, 6.07) is 19.5. The Labute approximate surface area is 205 Å². The molecule has 34 heavy (non-hydrogen) atoms. The first-order valence-corrected chi connectivity index (χ1v) is 12.5. The quantitative estimate of drug-likeness (QED) is 0.429. The maximum absolute atomic E-state index is 13.5. The van der Waals surface area contributed by atoms with Gasteiger partial charge >= 0.3 is 0 Å². The van der Waals surface area contributed by atoms with E-state index in [1.807, 2.05) is 38.1 Å². The minimum atomic E-state index is -4.09. The largest absolute Gasteiger partial charge is 0.495 e. The number of nitrogens with one attached hydrogen (secondary N) is 1. The first-order valence-electron chi connectivity index (χ1n) is 10.7. The molecule has 0 saturated carbocycles. The molecule has 0 fully saturated rings. The molecule has 1 amide bonds. The SMILES string of the molecule is CCOc1ccc(C(C)NC(=O)CN(c2cc(Cl)ccc2OC)S(=O)(=O)c2ccccc2)cc1. The van der Waals surface area contributed by atoms with E-state index in [1.165, 1.54) is 25.3 Å². The second kappa shape index (κ2) is 11.3. The Kier molecular flexibility index (Phi) is 8.41. The molecule has 0 radical (unpaired) electrons. The molecule has 3 rings (SSSR count). The monoisotopic (exact) mass is 502 g/mol. The van der Waals surface area contributed by atoms with Crippen LogP contribution in [0.25, 0.3) is 0 Å². The molecule has 0 aliphatic heterocycles. The Hall–Kier alpha value is -3.23. The summed E-state index contributed by atoms with van der Waals surface area (Å²) >= 11 is 6.16. The summed E-state index contributed by atoms with van der Waals surface area (Å²) in [4.78, 5) is 13.1. The molecule has 0 aromatic heterocycles. The Morgan fingerprint density at radius 1 is 1.06 bits per heavy atom. The number of sulfonamides is 1. The zero-order chi connectivity index (χ0) is 24.7. The van der Waals surface area contributed by atoms with Gasteiger partial charge in [-0.3, -0.25) is 9.10 Å². The molecule has 0 aliphatic carbocycles. The molecule has 0 saturated heterocycles. The number of methoxy groups -OCH3 is 1. The number of ether oxygens (including phenoxy) is 2. The Bertz CT molecular complexity index is 1220. The number of anilines is 1. The van der Waals surface area contributed by atoms with Gasteiger partial charge in [0.15, 0.2) is 0 Å². The Morgan fingerprint density at radius 2 is 1.74 bits per heavy atom. The minimum Gasteiger partial charge on any atom is -0.495 e. The lowest BCUT2D eigenvalue weighted by molar-refractivity contribution is -0.120.